The second-order valence-corrected chi connectivity index (χ2v) is 4.84. The molecule has 0 aliphatic rings. The Morgan fingerprint density at radius 3 is 2.88 bits per heavy atom. The van der Waals surface area contributed by atoms with Crippen LogP contribution in [0.4, 0.5) is 5.69 Å². The van der Waals surface area contributed by atoms with Crippen LogP contribution in [-0.2, 0) is 0 Å². The average molecular weight is 239 g/mol. The minimum Gasteiger partial charge on any atom is -0.397 e. The second-order valence-electron chi connectivity index (χ2n) is 3.80. The van der Waals surface area contributed by atoms with Gasteiger partial charge in [-0.25, -0.2) is 4.98 Å². The van der Waals surface area contributed by atoms with E-state index >= 15 is 0 Å². The number of hydrogen-bond donors (Lipinski definition) is 2. The Hall–Kier alpha value is -1.23. The van der Waals surface area contributed by atoms with Gasteiger partial charge in [-0.15, -0.1) is 11.8 Å². The summed E-state index contributed by atoms with van der Waals surface area (Å²) in [6.45, 7) is 4.33. The van der Waals surface area contributed by atoms with E-state index in [1.165, 1.54) is 6.20 Å². The van der Waals surface area contributed by atoms with E-state index in [-0.39, 0.29) is 0 Å². The van der Waals surface area contributed by atoms with Gasteiger partial charge in [0.2, 0.25) is 0 Å². The number of carbonyl (C=O) groups excluding carboxylic acids is 1. The predicted octanol–water partition coefficient (Wildman–Crippen LogP) is 1.90. The molecule has 0 saturated carbocycles. The number of aromatic nitrogens is 1. The van der Waals surface area contributed by atoms with Crippen LogP contribution < -0.4 is 11.5 Å². The topological polar surface area (TPSA) is 82.0 Å². The van der Waals surface area contributed by atoms with Crippen LogP contribution in [0.2, 0.25) is 0 Å². The normalized spacial score (nSPS) is 12.4. The molecule has 5 heteroatoms. The number of primary amides is 1. The highest BCUT2D eigenvalue weighted by atomic mass is 32.2. The molecule has 0 aromatic carbocycles. The highest BCUT2D eigenvalue weighted by Crippen LogP contribution is 2.22. The van der Waals surface area contributed by atoms with Crippen LogP contribution in [-0.4, -0.2) is 16.6 Å². The molecule has 1 atom stereocenters. The second kappa shape index (κ2) is 5.75. The summed E-state index contributed by atoms with van der Waals surface area (Å²) in [5.41, 5.74) is 11.5. The number of rotatable bonds is 5. The fraction of sp³-hybridized carbons (Fsp3) is 0.455. The van der Waals surface area contributed by atoms with Crippen molar-refractivity contribution in [2.75, 3.05) is 11.5 Å². The van der Waals surface area contributed by atoms with E-state index in [2.05, 4.69) is 18.8 Å². The third-order valence-electron chi connectivity index (χ3n) is 2.39. The van der Waals surface area contributed by atoms with Gasteiger partial charge in [0.25, 0.3) is 5.91 Å². The van der Waals surface area contributed by atoms with Gasteiger partial charge in [0.1, 0.15) is 0 Å². The standard InChI is InChI=1S/C11H17N3OS/c1-3-7(2)6-16-10-4-8(11(13)15)9(12)5-14-10/h4-5,7H,3,6,12H2,1-2H3,(H2,13,15). The van der Waals surface area contributed by atoms with Crippen molar-refractivity contribution in [1.29, 1.82) is 0 Å². The van der Waals surface area contributed by atoms with Crippen LogP contribution in [0.1, 0.15) is 30.6 Å². The summed E-state index contributed by atoms with van der Waals surface area (Å²) in [6.07, 6.45) is 2.61. The highest BCUT2D eigenvalue weighted by molar-refractivity contribution is 7.99. The summed E-state index contributed by atoms with van der Waals surface area (Å²) < 4.78 is 0. The lowest BCUT2D eigenvalue weighted by molar-refractivity contribution is 0.100. The largest absolute Gasteiger partial charge is 0.397 e. The lowest BCUT2D eigenvalue weighted by atomic mass is 10.2. The number of carbonyl (C=O) groups is 1. The van der Waals surface area contributed by atoms with Crippen LogP contribution in [0.25, 0.3) is 0 Å². The smallest absolute Gasteiger partial charge is 0.250 e. The Bertz CT molecular complexity index is 381. The third kappa shape index (κ3) is 3.41. The number of amides is 1. The molecule has 0 fully saturated rings. The molecular weight excluding hydrogens is 222 g/mol. The van der Waals surface area contributed by atoms with Crippen molar-refractivity contribution in [2.45, 2.75) is 25.3 Å². The number of nitrogens with zero attached hydrogens (tertiary/aromatic N) is 1. The molecule has 0 aliphatic heterocycles. The molecule has 0 aliphatic carbocycles. The van der Waals surface area contributed by atoms with Gasteiger partial charge >= 0.3 is 0 Å². The van der Waals surface area contributed by atoms with Gasteiger partial charge in [0, 0.05) is 5.75 Å². The first kappa shape index (κ1) is 12.8. The Kier molecular flexibility index (Phi) is 4.61. The van der Waals surface area contributed by atoms with Crippen LogP contribution in [0.3, 0.4) is 0 Å². The monoisotopic (exact) mass is 239 g/mol. The molecular formula is C11H17N3OS. The quantitative estimate of drug-likeness (QED) is 0.769. The number of pyridine rings is 1. The lowest BCUT2D eigenvalue weighted by Crippen LogP contribution is -2.14. The van der Waals surface area contributed by atoms with Crippen molar-refractivity contribution in [3.8, 4) is 0 Å². The molecule has 4 nitrogen and oxygen atoms in total. The Balaban J connectivity index is 2.75. The molecule has 88 valence electrons. The number of thioether (sulfide) groups is 1. The minimum absolute atomic E-state index is 0.334. The first-order chi connectivity index (χ1) is 7.54. The fourth-order valence-corrected chi connectivity index (χ4v) is 2.10. The predicted molar refractivity (Wildman–Crippen MR) is 67.3 cm³/mol. The van der Waals surface area contributed by atoms with Crippen molar-refractivity contribution in [1.82, 2.24) is 4.98 Å². The zero-order valence-corrected chi connectivity index (χ0v) is 10.4. The summed E-state index contributed by atoms with van der Waals surface area (Å²) in [6, 6.07) is 1.66. The first-order valence-electron chi connectivity index (χ1n) is 5.22. The van der Waals surface area contributed by atoms with Crippen LogP contribution in [0, 0.1) is 5.92 Å². The SMILES string of the molecule is CCC(C)CSc1cc(C(N)=O)c(N)cn1. The van der Waals surface area contributed by atoms with Gasteiger partial charge in [-0.3, -0.25) is 4.79 Å². The molecule has 1 amide bonds. The molecule has 16 heavy (non-hydrogen) atoms. The maximum atomic E-state index is 11.1. The average Bonchev–Trinajstić information content (AvgIpc) is 2.27. The van der Waals surface area contributed by atoms with Crippen LogP contribution in [0.15, 0.2) is 17.3 Å². The summed E-state index contributed by atoms with van der Waals surface area (Å²) >= 11 is 1.62. The van der Waals surface area contributed by atoms with E-state index < -0.39 is 5.91 Å². The van der Waals surface area contributed by atoms with Crippen molar-refractivity contribution in [2.24, 2.45) is 11.7 Å². The van der Waals surface area contributed by atoms with Crippen LogP contribution >= 0.6 is 11.8 Å². The maximum Gasteiger partial charge on any atom is 0.250 e. The maximum absolute atomic E-state index is 11.1. The lowest BCUT2D eigenvalue weighted by Gasteiger charge is -2.08. The zero-order chi connectivity index (χ0) is 12.1. The van der Waals surface area contributed by atoms with Gasteiger partial charge < -0.3 is 11.5 Å². The Morgan fingerprint density at radius 1 is 1.62 bits per heavy atom. The van der Waals surface area contributed by atoms with E-state index in [9.17, 15) is 4.79 Å². The molecule has 1 aromatic heterocycles. The van der Waals surface area contributed by atoms with Crippen molar-refractivity contribution >= 4 is 23.4 Å². The third-order valence-corrected chi connectivity index (χ3v) is 3.64. The van der Waals surface area contributed by atoms with Gasteiger partial charge in [0.05, 0.1) is 22.5 Å². The molecule has 0 bridgehead atoms. The molecule has 0 radical (unpaired) electrons. The molecule has 4 N–H and O–H groups in total. The van der Waals surface area contributed by atoms with Gasteiger partial charge in [0.15, 0.2) is 0 Å². The van der Waals surface area contributed by atoms with E-state index in [0.29, 0.717) is 17.2 Å². The summed E-state index contributed by atoms with van der Waals surface area (Å²) in [7, 11) is 0. The summed E-state index contributed by atoms with van der Waals surface area (Å²) in [5, 5.41) is 0.795. The molecule has 1 aromatic rings. The first-order valence-corrected chi connectivity index (χ1v) is 6.21. The van der Waals surface area contributed by atoms with E-state index in [0.717, 1.165) is 17.2 Å². The van der Waals surface area contributed by atoms with Crippen LogP contribution in [0.5, 0.6) is 0 Å². The van der Waals surface area contributed by atoms with Crippen molar-refractivity contribution < 1.29 is 4.79 Å². The number of anilines is 1. The summed E-state index contributed by atoms with van der Waals surface area (Å²) in [5.74, 6) is 1.10. The van der Waals surface area contributed by atoms with E-state index in [1.54, 1.807) is 17.8 Å². The number of hydrogen-bond acceptors (Lipinski definition) is 4. The summed E-state index contributed by atoms with van der Waals surface area (Å²) in [4.78, 5) is 15.2. The van der Waals surface area contributed by atoms with Crippen molar-refractivity contribution in [3.05, 3.63) is 17.8 Å². The van der Waals surface area contributed by atoms with Gasteiger partial charge in [-0.2, -0.15) is 0 Å². The zero-order valence-electron chi connectivity index (χ0n) is 9.56. The Morgan fingerprint density at radius 2 is 2.31 bits per heavy atom. The van der Waals surface area contributed by atoms with Crippen molar-refractivity contribution in [3.63, 3.8) is 0 Å². The van der Waals surface area contributed by atoms with E-state index in [4.69, 9.17) is 11.5 Å². The molecule has 0 spiro atoms. The number of nitrogens with two attached hydrogens (primary N) is 2. The molecule has 0 saturated heterocycles. The minimum atomic E-state index is -0.509. The van der Waals surface area contributed by atoms with Gasteiger partial charge in [-0.05, 0) is 12.0 Å². The molecule has 1 unspecified atom stereocenters. The molecule has 1 rings (SSSR count). The fourth-order valence-electron chi connectivity index (χ4n) is 1.08. The highest BCUT2D eigenvalue weighted by Gasteiger charge is 2.09. The van der Waals surface area contributed by atoms with E-state index in [1.807, 2.05) is 0 Å². The van der Waals surface area contributed by atoms with Gasteiger partial charge in [-0.1, -0.05) is 20.3 Å². The number of nitrogen functional groups attached to an aromatic ring is 1. The Labute approximate surface area is 99.8 Å². The molecule has 1 heterocycles.